The maximum atomic E-state index is 11.2. The lowest BCUT2D eigenvalue weighted by atomic mass is 10.3. The number of carbonyl (C=O) groups is 2. The van der Waals surface area contributed by atoms with Gasteiger partial charge in [-0.1, -0.05) is 0 Å². The molecule has 1 aromatic rings. The van der Waals surface area contributed by atoms with Gasteiger partial charge in [0.15, 0.2) is 0 Å². The Balaban J connectivity index is 2.48. The van der Waals surface area contributed by atoms with Crippen LogP contribution in [0.15, 0.2) is 22.9 Å². The number of carboxylic acid groups (broad SMARTS) is 1. The van der Waals surface area contributed by atoms with Crippen molar-refractivity contribution in [2.75, 3.05) is 5.32 Å². The van der Waals surface area contributed by atoms with Crippen LogP contribution < -0.4 is 5.32 Å². The fourth-order valence-corrected chi connectivity index (χ4v) is 1.29. The minimum atomic E-state index is -0.988. The Kier molecular flexibility index (Phi) is 4.23. The van der Waals surface area contributed by atoms with Crippen LogP contribution in [-0.4, -0.2) is 22.0 Å². The molecule has 80 valence electrons. The minimum absolute atomic E-state index is 0.0398. The zero-order chi connectivity index (χ0) is 11.3. The zero-order valence-corrected chi connectivity index (χ0v) is 9.32. The second kappa shape index (κ2) is 5.45. The fraction of sp³-hybridized carbons (Fsp3) is 0.222. The quantitative estimate of drug-likeness (QED) is 0.874. The first-order valence-electron chi connectivity index (χ1n) is 4.20. The van der Waals surface area contributed by atoms with Gasteiger partial charge in [-0.2, -0.15) is 0 Å². The maximum Gasteiger partial charge on any atom is 0.303 e. The second-order valence-electron chi connectivity index (χ2n) is 2.83. The van der Waals surface area contributed by atoms with E-state index in [1.54, 1.807) is 12.3 Å². The minimum Gasteiger partial charge on any atom is -0.481 e. The van der Waals surface area contributed by atoms with Crippen molar-refractivity contribution in [3.63, 3.8) is 0 Å². The highest BCUT2D eigenvalue weighted by Gasteiger charge is 2.05. The summed E-state index contributed by atoms with van der Waals surface area (Å²) in [5.41, 5.74) is 0.541. The third-order valence-electron chi connectivity index (χ3n) is 1.55. The molecule has 1 heterocycles. The average Bonchev–Trinajstić information content (AvgIpc) is 2.15. The molecule has 0 bridgehead atoms. The Hall–Kier alpha value is -1.43. The largest absolute Gasteiger partial charge is 0.481 e. The van der Waals surface area contributed by atoms with E-state index in [1.165, 1.54) is 6.20 Å². The molecule has 5 nitrogen and oxygen atoms in total. The van der Waals surface area contributed by atoms with Gasteiger partial charge >= 0.3 is 5.97 Å². The molecule has 0 aliphatic heterocycles. The van der Waals surface area contributed by atoms with Crippen LogP contribution in [0.5, 0.6) is 0 Å². The molecule has 0 aliphatic carbocycles. The summed E-state index contributed by atoms with van der Waals surface area (Å²) in [4.78, 5) is 25.3. The molecule has 15 heavy (non-hydrogen) atoms. The van der Waals surface area contributed by atoms with E-state index >= 15 is 0 Å². The summed E-state index contributed by atoms with van der Waals surface area (Å²) in [7, 11) is 0. The van der Waals surface area contributed by atoms with Crippen molar-refractivity contribution >= 4 is 33.5 Å². The monoisotopic (exact) mass is 272 g/mol. The smallest absolute Gasteiger partial charge is 0.303 e. The van der Waals surface area contributed by atoms with E-state index in [9.17, 15) is 9.59 Å². The first kappa shape index (κ1) is 11.6. The van der Waals surface area contributed by atoms with E-state index in [2.05, 4.69) is 26.2 Å². The molecule has 0 atom stereocenters. The predicted molar refractivity (Wildman–Crippen MR) is 57.4 cm³/mol. The zero-order valence-electron chi connectivity index (χ0n) is 7.74. The molecule has 0 saturated carbocycles. The number of nitrogens with zero attached hydrogens (tertiary/aromatic N) is 1. The second-order valence-corrected chi connectivity index (χ2v) is 3.75. The van der Waals surface area contributed by atoms with Gasteiger partial charge in [0.2, 0.25) is 5.91 Å². The molecule has 0 aromatic carbocycles. The molecule has 0 radical (unpaired) electrons. The SMILES string of the molecule is O=C(O)CCC(=O)Nc1cncc(Br)c1. The predicted octanol–water partition coefficient (Wildman–Crippen LogP) is 1.65. The van der Waals surface area contributed by atoms with Crippen LogP contribution in [0.1, 0.15) is 12.8 Å². The van der Waals surface area contributed by atoms with Crippen molar-refractivity contribution in [1.29, 1.82) is 0 Å². The van der Waals surface area contributed by atoms with E-state index in [0.29, 0.717) is 5.69 Å². The van der Waals surface area contributed by atoms with Gasteiger partial charge in [-0.3, -0.25) is 14.6 Å². The van der Waals surface area contributed by atoms with Crippen molar-refractivity contribution in [2.24, 2.45) is 0 Å². The number of carboxylic acids is 1. The van der Waals surface area contributed by atoms with E-state index < -0.39 is 5.97 Å². The Labute approximate surface area is 94.6 Å². The van der Waals surface area contributed by atoms with Gasteiger partial charge in [0.25, 0.3) is 0 Å². The lowest BCUT2D eigenvalue weighted by molar-refractivity contribution is -0.138. The average molecular weight is 273 g/mol. The highest BCUT2D eigenvalue weighted by atomic mass is 79.9. The van der Waals surface area contributed by atoms with E-state index in [1.807, 2.05) is 0 Å². The van der Waals surface area contributed by atoms with Crippen LogP contribution in [0.3, 0.4) is 0 Å². The Morgan fingerprint density at radius 2 is 2.13 bits per heavy atom. The Morgan fingerprint density at radius 3 is 2.73 bits per heavy atom. The molecule has 1 amide bonds. The molecule has 0 fully saturated rings. The van der Waals surface area contributed by atoms with E-state index in [0.717, 1.165) is 4.47 Å². The third kappa shape index (κ3) is 4.55. The van der Waals surface area contributed by atoms with Gasteiger partial charge in [-0.05, 0) is 22.0 Å². The topological polar surface area (TPSA) is 79.3 Å². The summed E-state index contributed by atoms with van der Waals surface area (Å²) >= 11 is 3.21. The Bertz CT molecular complexity index is 381. The molecule has 1 aromatic heterocycles. The molecule has 0 unspecified atom stereocenters. The lowest BCUT2D eigenvalue weighted by Gasteiger charge is -2.03. The summed E-state index contributed by atoms with van der Waals surface area (Å²) in [6, 6.07) is 1.69. The third-order valence-corrected chi connectivity index (χ3v) is 1.99. The number of hydrogen-bond donors (Lipinski definition) is 2. The summed E-state index contributed by atoms with van der Waals surface area (Å²) in [6.07, 6.45) is 2.87. The van der Waals surface area contributed by atoms with Crippen LogP contribution in [0.2, 0.25) is 0 Å². The molecular weight excluding hydrogens is 264 g/mol. The molecule has 0 saturated heterocycles. The summed E-state index contributed by atoms with van der Waals surface area (Å²) in [5, 5.41) is 10.9. The number of hydrogen-bond acceptors (Lipinski definition) is 3. The molecule has 1 rings (SSSR count). The highest BCUT2D eigenvalue weighted by molar-refractivity contribution is 9.10. The summed E-state index contributed by atoms with van der Waals surface area (Å²) < 4.78 is 0.749. The van der Waals surface area contributed by atoms with Crippen molar-refractivity contribution in [1.82, 2.24) is 4.98 Å². The van der Waals surface area contributed by atoms with Crippen LogP contribution in [0, 0.1) is 0 Å². The van der Waals surface area contributed by atoms with E-state index in [-0.39, 0.29) is 18.7 Å². The lowest BCUT2D eigenvalue weighted by Crippen LogP contribution is -2.13. The van der Waals surface area contributed by atoms with Gasteiger partial charge in [0.1, 0.15) is 0 Å². The van der Waals surface area contributed by atoms with Gasteiger partial charge in [-0.15, -0.1) is 0 Å². The number of amides is 1. The Morgan fingerprint density at radius 1 is 1.40 bits per heavy atom. The number of halogens is 1. The molecular formula is C9H9BrN2O3. The summed E-state index contributed by atoms with van der Waals surface area (Å²) in [5.74, 6) is -1.32. The number of aliphatic carboxylic acids is 1. The first-order valence-corrected chi connectivity index (χ1v) is 4.99. The molecule has 6 heteroatoms. The van der Waals surface area contributed by atoms with Crippen molar-refractivity contribution in [2.45, 2.75) is 12.8 Å². The number of nitrogens with one attached hydrogen (secondary N) is 1. The van der Waals surface area contributed by atoms with Crippen molar-refractivity contribution in [3.8, 4) is 0 Å². The summed E-state index contributed by atoms with van der Waals surface area (Å²) in [6.45, 7) is 0. The normalized spacial score (nSPS) is 9.67. The van der Waals surface area contributed by atoms with Gasteiger partial charge in [0.05, 0.1) is 18.3 Å². The molecule has 0 spiro atoms. The van der Waals surface area contributed by atoms with E-state index in [4.69, 9.17) is 5.11 Å². The fourth-order valence-electron chi connectivity index (χ4n) is 0.924. The number of carbonyl (C=O) groups excluding carboxylic acids is 1. The van der Waals surface area contributed by atoms with Gasteiger partial charge in [0, 0.05) is 17.1 Å². The van der Waals surface area contributed by atoms with Crippen LogP contribution in [-0.2, 0) is 9.59 Å². The van der Waals surface area contributed by atoms with Crippen molar-refractivity contribution < 1.29 is 14.7 Å². The van der Waals surface area contributed by atoms with Crippen LogP contribution >= 0.6 is 15.9 Å². The van der Waals surface area contributed by atoms with Gasteiger partial charge in [-0.25, -0.2) is 0 Å². The molecule has 2 N–H and O–H groups in total. The number of anilines is 1. The van der Waals surface area contributed by atoms with Crippen molar-refractivity contribution in [3.05, 3.63) is 22.9 Å². The highest BCUT2D eigenvalue weighted by Crippen LogP contribution is 2.13. The van der Waals surface area contributed by atoms with Gasteiger partial charge < -0.3 is 10.4 Å². The number of pyridine rings is 1. The maximum absolute atomic E-state index is 11.2. The number of aromatic nitrogens is 1. The first-order chi connectivity index (χ1) is 7.08. The van der Waals surface area contributed by atoms with Crippen LogP contribution in [0.25, 0.3) is 0 Å². The van der Waals surface area contributed by atoms with Crippen LogP contribution in [0.4, 0.5) is 5.69 Å². The standard InChI is InChI=1S/C9H9BrN2O3/c10-6-3-7(5-11-4-6)12-8(13)1-2-9(14)15/h3-5H,1-2H2,(H,12,13)(H,14,15). The number of rotatable bonds is 4. The molecule has 0 aliphatic rings.